The van der Waals surface area contributed by atoms with Gasteiger partial charge in [-0.15, -0.1) is 11.3 Å². The van der Waals surface area contributed by atoms with E-state index in [4.69, 9.17) is 9.47 Å². The summed E-state index contributed by atoms with van der Waals surface area (Å²) in [5.41, 5.74) is 3.81. The van der Waals surface area contributed by atoms with Gasteiger partial charge in [-0.2, -0.15) is 0 Å². The number of benzene rings is 2. The molecule has 6 rings (SSSR count). The summed E-state index contributed by atoms with van der Waals surface area (Å²) in [5, 5.41) is 4.70. The van der Waals surface area contributed by atoms with Gasteiger partial charge in [-0.05, 0) is 58.7 Å². The molecular formula is C25H22N2O2S. The Morgan fingerprint density at radius 1 is 1.07 bits per heavy atom. The van der Waals surface area contributed by atoms with Crippen molar-refractivity contribution in [3.63, 3.8) is 0 Å². The Morgan fingerprint density at radius 3 is 2.93 bits per heavy atom. The molecule has 4 nitrogen and oxygen atoms in total. The smallest absolute Gasteiger partial charge is 0.171 e. The number of nitrogens with zero attached hydrogens (tertiary/aromatic N) is 2. The monoisotopic (exact) mass is 414 g/mol. The molecule has 2 aliphatic heterocycles. The van der Waals surface area contributed by atoms with Crippen molar-refractivity contribution in [1.29, 1.82) is 0 Å². The highest BCUT2D eigenvalue weighted by atomic mass is 32.1. The molecule has 4 aromatic rings. The van der Waals surface area contributed by atoms with Crippen LogP contribution in [0.1, 0.15) is 12.0 Å². The van der Waals surface area contributed by atoms with E-state index in [-0.39, 0.29) is 6.10 Å². The fourth-order valence-corrected chi connectivity index (χ4v) is 5.44. The maximum absolute atomic E-state index is 6.38. The molecule has 0 fully saturated rings. The van der Waals surface area contributed by atoms with Gasteiger partial charge in [0.1, 0.15) is 12.7 Å². The molecule has 30 heavy (non-hydrogen) atoms. The van der Waals surface area contributed by atoms with Crippen molar-refractivity contribution in [1.82, 2.24) is 9.88 Å². The highest BCUT2D eigenvalue weighted by molar-refractivity contribution is 7.17. The zero-order valence-corrected chi connectivity index (χ0v) is 17.4. The number of thiophene rings is 1. The van der Waals surface area contributed by atoms with Gasteiger partial charge in [-0.25, -0.2) is 0 Å². The number of hydrogen-bond acceptors (Lipinski definition) is 5. The van der Waals surface area contributed by atoms with Crippen molar-refractivity contribution < 1.29 is 9.47 Å². The first-order valence-corrected chi connectivity index (χ1v) is 11.3. The molecule has 0 radical (unpaired) electrons. The summed E-state index contributed by atoms with van der Waals surface area (Å²) in [6.07, 6.45) is 5.29. The van der Waals surface area contributed by atoms with Gasteiger partial charge in [0.15, 0.2) is 11.5 Å². The third-order valence-electron chi connectivity index (χ3n) is 5.99. The third-order valence-corrected chi connectivity index (χ3v) is 6.95. The Balaban J connectivity index is 1.17. The molecule has 0 saturated heterocycles. The molecule has 0 N–H and O–H groups in total. The molecule has 0 spiro atoms. The van der Waals surface area contributed by atoms with E-state index in [1.807, 2.05) is 41.8 Å². The van der Waals surface area contributed by atoms with Gasteiger partial charge in [-0.1, -0.05) is 24.3 Å². The molecule has 150 valence electrons. The fourth-order valence-electron chi connectivity index (χ4n) is 4.45. The normalized spacial score (nSPS) is 19.2. The second-order valence-corrected chi connectivity index (χ2v) is 8.81. The van der Waals surface area contributed by atoms with Crippen molar-refractivity contribution in [3.05, 3.63) is 71.7 Å². The lowest BCUT2D eigenvalue weighted by molar-refractivity contribution is 0.0632. The summed E-state index contributed by atoms with van der Waals surface area (Å²) in [7, 11) is 0. The zero-order chi connectivity index (χ0) is 19.9. The van der Waals surface area contributed by atoms with Crippen LogP contribution in [0.15, 0.2) is 66.2 Å². The van der Waals surface area contributed by atoms with E-state index in [1.54, 1.807) is 0 Å². The van der Waals surface area contributed by atoms with E-state index in [0.29, 0.717) is 6.61 Å². The lowest BCUT2D eigenvalue weighted by Gasteiger charge is -2.33. The van der Waals surface area contributed by atoms with Crippen LogP contribution in [0.25, 0.3) is 26.6 Å². The Morgan fingerprint density at radius 2 is 2.00 bits per heavy atom. The molecule has 0 aliphatic carbocycles. The molecule has 2 aromatic heterocycles. The minimum Gasteiger partial charge on any atom is -0.486 e. The summed E-state index contributed by atoms with van der Waals surface area (Å²) in [5.74, 6) is 1.65. The van der Waals surface area contributed by atoms with Gasteiger partial charge in [0.25, 0.3) is 0 Å². The summed E-state index contributed by atoms with van der Waals surface area (Å²) < 4.78 is 13.8. The van der Waals surface area contributed by atoms with Crippen molar-refractivity contribution in [2.24, 2.45) is 0 Å². The van der Waals surface area contributed by atoms with Gasteiger partial charge in [0.2, 0.25) is 0 Å². The van der Waals surface area contributed by atoms with Crippen molar-refractivity contribution >= 4 is 37.9 Å². The number of aromatic nitrogens is 1. The van der Waals surface area contributed by atoms with Crippen LogP contribution in [0.4, 0.5) is 0 Å². The minimum absolute atomic E-state index is 0.0280. The standard InChI is InChI=1S/C25H22N2O2S/c1-2-6-24-19(4-1)21(16-30-24)17-9-12-27(13-10-17)14-18-15-28-23-8-7-22-20(25(23)29-18)5-3-11-26-22/h1-9,11,16,18H,10,12-15H2. The maximum atomic E-state index is 6.38. The number of pyridine rings is 1. The summed E-state index contributed by atoms with van der Waals surface area (Å²) in [6.45, 7) is 3.44. The van der Waals surface area contributed by atoms with Gasteiger partial charge in [-0.3, -0.25) is 9.88 Å². The molecule has 2 aromatic carbocycles. The molecule has 0 amide bonds. The second-order valence-electron chi connectivity index (χ2n) is 7.90. The zero-order valence-electron chi connectivity index (χ0n) is 16.6. The van der Waals surface area contributed by atoms with Crippen LogP contribution in [-0.2, 0) is 0 Å². The van der Waals surface area contributed by atoms with Crippen LogP contribution in [0.5, 0.6) is 11.5 Å². The van der Waals surface area contributed by atoms with Crippen molar-refractivity contribution in [2.75, 3.05) is 26.2 Å². The average Bonchev–Trinajstić information content (AvgIpc) is 3.24. The van der Waals surface area contributed by atoms with E-state index in [9.17, 15) is 0 Å². The summed E-state index contributed by atoms with van der Waals surface area (Å²) in [4.78, 5) is 6.89. The Labute approximate surface area is 179 Å². The largest absolute Gasteiger partial charge is 0.486 e. The quantitative estimate of drug-likeness (QED) is 0.451. The average molecular weight is 415 g/mol. The first-order chi connectivity index (χ1) is 14.8. The second kappa shape index (κ2) is 7.42. The van der Waals surface area contributed by atoms with Crippen molar-refractivity contribution in [3.8, 4) is 11.5 Å². The fraction of sp³-hybridized carbons (Fsp3) is 0.240. The molecule has 5 heteroatoms. The lowest BCUT2D eigenvalue weighted by atomic mass is 9.99. The van der Waals surface area contributed by atoms with E-state index in [0.717, 1.165) is 48.5 Å². The maximum Gasteiger partial charge on any atom is 0.171 e. The van der Waals surface area contributed by atoms with Crippen LogP contribution in [0.2, 0.25) is 0 Å². The molecule has 1 unspecified atom stereocenters. The number of rotatable bonds is 3. The molecule has 0 bridgehead atoms. The number of fused-ring (bicyclic) bond motifs is 4. The van der Waals surface area contributed by atoms with Gasteiger partial charge >= 0.3 is 0 Å². The van der Waals surface area contributed by atoms with E-state index < -0.39 is 0 Å². The van der Waals surface area contributed by atoms with E-state index in [1.165, 1.54) is 21.2 Å². The first-order valence-electron chi connectivity index (χ1n) is 10.4. The molecule has 4 heterocycles. The lowest BCUT2D eigenvalue weighted by Crippen LogP contribution is -2.42. The number of hydrogen-bond donors (Lipinski definition) is 0. The van der Waals surface area contributed by atoms with Crippen molar-refractivity contribution in [2.45, 2.75) is 12.5 Å². The van der Waals surface area contributed by atoms with Crippen LogP contribution in [-0.4, -0.2) is 42.2 Å². The predicted octanol–water partition coefficient (Wildman–Crippen LogP) is 5.38. The summed E-state index contributed by atoms with van der Waals surface area (Å²) in [6, 6.07) is 16.6. The first kappa shape index (κ1) is 17.9. The minimum atomic E-state index is 0.0280. The highest BCUT2D eigenvalue weighted by Crippen LogP contribution is 2.38. The third kappa shape index (κ3) is 3.15. The topological polar surface area (TPSA) is 34.6 Å². The highest BCUT2D eigenvalue weighted by Gasteiger charge is 2.26. The Kier molecular flexibility index (Phi) is 4.43. The van der Waals surface area contributed by atoms with E-state index >= 15 is 0 Å². The van der Waals surface area contributed by atoms with Crippen LogP contribution in [0.3, 0.4) is 0 Å². The molecule has 2 aliphatic rings. The van der Waals surface area contributed by atoms with Crippen LogP contribution < -0.4 is 9.47 Å². The Bertz CT molecular complexity index is 1260. The number of ether oxygens (including phenoxy) is 2. The summed E-state index contributed by atoms with van der Waals surface area (Å²) >= 11 is 1.84. The molecular weight excluding hydrogens is 392 g/mol. The van der Waals surface area contributed by atoms with Gasteiger partial charge in [0, 0.05) is 35.9 Å². The van der Waals surface area contributed by atoms with Crippen LogP contribution in [0, 0.1) is 0 Å². The van der Waals surface area contributed by atoms with Gasteiger partial charge < -0.3 is 9.47 Å². The molecule has 0 saturated carbocycles. The van der Waals surface area contributed by atoms with Gasteiger partial charge in [0.05, 0.1) is 5.52 Å². The van der Waals surface area contributed by atoms with Crippen LogP contribution >= 0.6 is 11.3 Å². The predicted molar refractivity (Wildman–Crippen MR) is 123 cm³/mol. The SMILES string of the molecule is C1=C(c2csc3ccccc23)CCN(CC2COc3ccc4ncccc4c3O2)C1. The molecule has 1 atom stereocenters. The van der Waals surface area contributed by atoms with E-state index in [2.05, 4.69) is 45.6 Å². The Hall–Kier alpha value is -2.89.